The van der Waals surface area contributed by atoms with E-state index in [4.69, 9.17) is 9.08 Å². The van der Waals surface area contributed by atoms with Gasteiger partial charge in [-0.2, -0.15) is 13.5 Å². The van der Waals surface area contributed by atoms with Crippen LogP contribution >= 0.6 is 0 Å². The molecule has 1 aromatic rings. The van der Waals surface area contributed by atoms with Crippen molar-refractivity contribution in [2.75, 3.05) is 6.54 Å². The first-order valence-corrected chi connectivity index (χ1v) is 9.98. The molecule has 2 fully saturated rings. The molecule has 0 aromatic carbocycles. The number of hydrogen-bond acceptors (Lipinski definition) is 6. The minimum atomic E-state index is -4.73. The third-order valence-corrected chi connectivity index (χ3v) is 5.04. The number of fused-ring (bicyclic) bond motifs is 2. The van der Waals surface area contributed by atoms with E-state index < -0.39 is 22.5 Å². The number of nitrogens with zero attached hydrogens (tertiary/aromatic N) is 3. The lowest BCUT2D eigenvalue weighted by Gasteiger charge is -2.28. The van der Waals surface area contributed by atoms with Gasteiger partial charge < -0.3 is 9.42 Å². The number of amides is 2. The van der Waals surface area contributed by atoms with Crippen molar-refractivity contribution < 1.29 is 26.6 Å². The Bertz CT molecular complexity index is 719. The van der Waals surface area contributed by atoms with Gasteiger partial charge in [-0.3, -0.25) is 4.55 Å². The molecule has 9 nitrogen and oxygen atoms in total. The summed E-state index contributed by atoms with van der Waals surface area (Å²) in [5.41, 5.74) is 0.672. The molecule has 2 atom stereocenters. The average Bonchev–Trinajstić information content (AvgIpc) is 3.11. The predicted octanol–water partition coefficient (Wildman–Crippen LogP) is 2.47. The number of aromatic nitrogens is 1. The number of carbonyl (C=O) groups is 1. The second-order valence-corrected chi connectivity index (χ2v) is 7.54. The van der Waals surface area contributed by atoms with Crippen LogP contribution in [0.25, 0.3) is 0 Å². The minimum absolute atomic E-state index is 0.271. The third kappa shape index (κ3) is 4.13. The first-order chi connectivity index (χ1) is 11.9. The molecule has 2 saturated heterocycles. The summed E-state index contributed by atoms with van der Waals surface area (Å²) in [7, 11) is -4.73. The van der Waals surface area contributed by atoms with Gasteiger partial charge in [0.2, 0.25) is 0 Å². The van der Waals surface area contributed by atoms with E-state index in [1.807, 2.05) is 6.07 Å². The summed E-state index contributed by atoms with van der Waals surface area (Å²) in [5.74, 6) is 0.797. The zero-order chi connectivity index (χ0) is 18.0. The van der Waals surface area contributed by atoms with E-state index in [9.17, 15) is 13.2 Å². The number of piperidine rings is 1. The van der Waals surface area contributed by atoms with Crippen molar-refractivity contribution in [1.29, 1.82) is 0 Å². The Labute approximate surface area is 146 Å². The van der Waals surface area contributed by atoms with Crippen LogP contribution in [0.15, 0.2) is 10.6 Å². The molecule has 2 aliphatic rings. The van der Waals surface area contributed by atoms with Crippen LogP contribution in [0, 0.1) is 0 Å². The van der Waals surface area contributed by atoms with Gasteiger partial charge in [0.1, 0.15) is 11.5 Å². The molecule has 0 spiro atoms. The Balaban J connectivity index is 1.65. The lowest BCUT2D eigenvalue weighted by atomic mass is 9.98. The van der Waals surface area contributed by atoms with E-state index in [0.717, 1.165) is 30.1 Å². The molecule has 0 radical (unpaired) electrons. The van der Waals surface area contributed by atoms with E-state index in [1.165, 1.54) is 17.7 Å². The lowest BCUT2D eigenvalue weighted by molar-refractivity contribution is -0.0317. The van der Waals surface area contributed by atoms with Crippen LogP contribution in [0.5, 0.6) is 0 Å². The molecule has 1 N–H and O–H groups in total. The van der Waals surface area contributed by atoms with Crippen molar-refractivity contribution >= 4 is 16.4 Å². The van der Waals surface area contributed by atoms with Crippen molar-refractivity contribution in [3.05, 3.63) is 17.5 Å². The molecular weight excluding hydrogens is 350 g/mol. The zero-order valence-corrected chi connectivity index (χ0v) is 14.9. The van der Waals surface area contributed by atoms with Crippen molar-refractivity contribution in [1.82, 2.24) is 15.1 Å². The highest BCUT2D eigenvalue weighted by atomic mass is 32.3. The van der Waals surface area contributed by atoms with E-state index in [1.54, 1.807) is 0 Å². The van der Waals surface area contributed by atoms with Crippen molar-refractivity contribution in [2.24, 2.45) is 0 Å². The third-order valence-electron chi connectivity index (χ3n) is 4.69. The van der Waals surface area contributed by atoms with Gasteiger partial charge in [0.15, 0.2) is 0 Å². The van der Waals surface area contributed by atoms with E-state index >= 15 is 0 Å². The Kier molecular flexibility index (Phi) is 5.30. The summed E-state index contributed by atoms with van der Waals surface area (Å²) in [6.07, 6.45) is 6.54. The Morgan fingerprint density at radius 2 is 2.16 bits per heavy atom. The van der Waals surface area contributed by atoms with E-state index in [0.29, 0.717) is 25.1 Å². The topological polar surface area (TPSA) is 113 Å². The van der Waals surface area contributed by atoms with Gasteiger partial charge in [0, 0.05) is 19.0 Å². The maximum atomic E-state index is 12.4. The standard InChI is InChI=1S/C15H23N3O6S/c1-2-3-4-5-6-12-9-13(16-23-12)14-8-7-11-10-17(14)15(19)18(11)24-25(20,21)22/h9,11,14H,2-8,10H2,1H3,(H,20,21,22)/t11-,14+/m1/s1. The number of carbonyl (C=O) groups excluding carboxylic acids is 1. The van der Waals surface area contributed by atoms with Gasteiger partial charge in [-0.1, -0.05) is 31.3 Å². The Morgan fingerprint density at radius 3 is 2.88 bits per heavy atom. The average molecular weight is 373 g/mol. The highest BCUT2D eigenvalue weighted by molar-refractivity contribution is 7.80. The van der Waals surface area contributed by atoms with Gasteiger partial charge in [-0.25, -0.2) is 4.79 Å². The second kappa shape index (κ2) is 7.30. The Morgan fingerprint density at radius 1 is 1.36 bits per heavy atom. The second-order valence-electron chi connectivity index (χ2n) is 6.54. The first kappa shape index (κ1) is 18.2. The zero-order valence-electron chi connectivity index (χ0n) is 14.1. The highest BCUT2D eigenvalue weighted by Crippen LogP contribution is 2.38. The highest BCUT2D eigenvalue weighted by Gasteiger charge is 2.48. The van der Waals surface area contributed by atoms with Crippen molar-refractivity contribution in [2.45, 2.75) is 64.0 Å². The minimum Gasteiger partial charge on any atom is -0.361 e. The van der Waals surface area contributed by atoms with Gasteiger partial charge in [0.25, 0.3) is 0 Å². The summed E-state index contributed by atoms with van der Waals surface area (Å²) >= 11 is 0. The molecule has 25 heavy (non-hydrogen) atoms. The number of rotatable bonds is 8. The summed E-state index contributed by atoms with van der Waals surface area (Å²) < 4.78 is 40.5. The number of unbranched alkanes of at least 4 members (excludes halogenated alkanes) is 3. The number of hydroxylamine groups is 2. The molecule has 2 aliphatic heterocycles. The number of urea groups is 1. The SMILES string of the molecule is CCCCCCc1cc([C@@H]2CC[C@@H]3CN2C(=O)N3OS(=O)(=O)O)no1. The maximum Gasteiger partial charge on any atom is 0.418 e. The van der Waals surface area contributed by atoms with Crippen molar-refractivity contribution in [3.8, 4) is 0 Å². The number of hydrogen-bond donors (Lipinski definition) is 1. The molecule has 10 heteroatoms. The smallest absolute Gasteiger partial charge is 0.361 e. The normalized spacial score (nSPS) is 23.5. The summed E-state index contributed by atoms with van der Waals surface area (Å²) in [6.45, 7) is 2.49. The van der Waals surface area contributed by atoms with Gasteiger partial charge in [0.05, 0.1) is 12.1 Å². The molecule has 2 amide bonds. The van der Waals surface area contributed by atoms with Gasteiger partial charge >= 0.3 is 16.4 Å². The molecular formula is C15H23N3O6S. The van der Waals surface area contributed by atoms with E-state index in [2.05, 4.69) is 16.4 Å². The molecule has 0 saturated carbocycles. The summed E-state index contributed by atoms with van der Waals surface area (Å²) in [5, 5.41) is 4.83. The van der Waals surface area contributed by atoms with E-state index in [-0.39, 0.29) is 6.04 Å². The molecule has 1 aromatic heterocycles. The van der Waals surface area contributed by atoms with Crippen LogP contribution in [0.1, 0.15) is 62.9 Å². The lowest BCUT2D eigenvalue weighted by Crippen LogP contribution is -2.35. The summed E-state index contributed by atoms with van der Waals surface area (Å²) in [4.78, 5) is 13.9. The largest absolute Gasteiger partial charge is 0.418 e. The van der Waals surface area contributed by atoms with Gasteiger partial charge in [-0.15, -0.1) is 4.28 Å². The fourth-order valence-corrected chi connectivity index (χ4v) is 3.86. The molecule has 3 rings (SSSR count). The van der Waals surface area contributed by atoms with Gasteiger partial charge in [-0.05, 0) is 19.3 Å². The van der Waals surface area contributed by atoms with Crippen LogP contribution in [0.4, 0.5) is 4.79 Å². The molecule has 2 bridgehead atoms. The van der Waals surface area contributed by atoms with Crippen LogP contribution in [0.3, 0.4) is 0 Å². The molecule has 0 aliphatic carbocycles. The molecule has 0 unspecified atom stereocenters. The summed E-state index contributed by atoms with van der Waals surface area (Å²) in [6, 6.07) is 0.617. The van der Waals surface area contributed by atoms with Crippen LogP contribution < -0.4 is 0 Å². The number of aryl methyl sites for hydroxylation is 1. The van der Waals surface area contributed by atoms with Crippen molar-refractivity contribution in [3.63, 3.8) is 0 Å². The van der Waals surface area contributed by atoms with Crippen LogP contribution in [0.2, 0.25) is 0 Å². The maximum absolute atomic E-state index is 12.4. The van der Waals surface area contributed by atoms with Crippen LogP contribution in [-0.4, -0.2) is 46.7 Å². The Hall–Kier alpha value is -1.65. The molecule has 140 valence electrons. The fraction of sp³-hybridized carbons (Fsp3) is 0.733. The van der Waals surface area contributed by atoms with Crippen LogP contribution in [-0.2, 0) is 21.1 Å². The monoisotopic (exact) mass is 373 g/mol. The quantitative estimate of drug-likeness (QED) is 0.550. The first-order valence-electron chi connectivity index (χ1n) is 8.61. The fourth-order valence-electron chi connectivity index (χ4n) is 3.47. The molecule has 3 heterocycles. The predicted molar refractivity (Wildman–Crippen MR) is 86.7 cm³/mol.